The number of hydrogen-bond acceptors (Lipinski definition) is 4. The summed E-state index contributed by atoms with van der Waals surface area (Å²) in [5.41, 5.74) is 1.06. The van der Waals surface area contributed by atoms with Gasteiger partial charge in [0.15, 0.2) is 11.5 Å². The molecule has 0 atom stereocenters. The van der Waals surface area contributed by atoms with E-state index in [2.05, 4.69) is 32.7 Å². The van der Waals surface area contributed by atoms with Crippen LogP contribution in [0, 0.1) is 0 Å². The summed E-state index contributed by atoms with van der Waals surface area (Å²) in [6.07, 6.45) is 0. The highest BCUT2D eigenvalue weighted by Gasteiger charge is 2.10. The fourth-order valence-electron chi connectivity index (χ4n) is 1.85. The summed E-state index contributed by atoms with van der Waals surface area (Å²) < 4.78 is 11.6. The van der Waals surface area contributed by atoms with Gasteiger partial charge in [-0.15, -0.1) is 11.3 Å². The van der Waals surface area contributed by atoms with Crippen LogP contribution in [-0.2, 0) is 13.1 Å². The topological polar surface area (TPSA) is 30.5 Å². The number of thiophene rings is 1. The second-order valence-corrected chi connectivity index (χ2v) is 6.47. The first-order valence-electron chi connectivity index (χ1n) is 5.98. The van der Waals surface area contributed by atoms with Crippen molar-refractivity contribution >= 4 is 38.9 Å². The molecular weight excluding hydrogens is 362 g/mol. The van der Waals surface area contributed by atoms with Gasteiger partial charge < -0.3 is 14.8 Å². The second kappa shape index (κ2) is 7.31. The normalized spacial score (nSPS) is 10.6. The number of nitrogens with one attached hydrogen (secondary N) is 1. The van der Waals surface area contributed by atoms with Crippen molar-refractivity contribution in [3.8, 4) is 11.5 Å². The Labute approximate surface area is 136 Å². The summed E-state index contributed by atoms with van der Waals surface area (Å²) in [6, 6.07) is 5.93. The third kappa shape index (κ3) is 3.88. The van der Waals surface area contributed by atoms with Gasteiger partial charge in [-0.25, -0.2) is 0 Å². The van der Waals surface area contributed by atoms with Crippen LogP contribution < -0.4 is 14.8 Å². The molecule has 20 heavy (non-hydrogen) atoms. The van der Waals surface area contributed by atoms with E-state index in [4.69, 9.17) is 21.1 Å². The van der Waals surface area contributed by atoms with Crippen LogP contribution in [0.25, 0.3) is 0 Å². The van der Waals surface area contributed by atoms with Gasteiger partial charge in [0.2, 0.25) is 0 Å². The van der Waals surface area contributed by atoms with Crippen molar-refractivity contribution in [2.75, 3.05) is 14.2 Å². The lowest BCUT2D eigenvalue weighted by atomic mass is 10.2. The first-order chi connectivity index (χ1) is 9.63. The smallest absolute Gasteiger partial charge is 0.179 e. The van der Waals surface area contributed by atoms with Crippen molar-refractivity contribution in [2.24, 2.45) is 0 Å². The number of halogens is 2. The summed E-state index contributed by atoms with van der Waals surface area (Å²) in [5.74, 6) is 1.22. The van der Waals surface area contributed by atoms with Gasteiger partial charge in [0.1, 0.15) is 0 Å². The van der Waals surface area contributed by atoms with Crippen molar-refractivity contribution in [1.29, 1.82) is 0 Å². The molecule has 1 aromatic carbocycles. The van der Waals surface area contributed by atoms with E-state index in [1.807, 2.05) is 12.1 Å². The van der Waals surface area contributed by atoms with Gasteiger partial charge in [-0.3, -0.25) is 0 Å². The molecule has 6 heteroatoms. The van der Waals surface area contributed by atoms with Gasteiger partial charge in [-0.1, -0.05) is 11.6 Å². The van der Waals surface area contributed by atoms with Crippen LogP contribution in [0.4, 0.5) is 0 Å². The zero-order valence-electron chi connectivity index (χ0n) is 11.2. The molecule has 1 heterocycles. The molecule has 0 radical (unpaired) electrons. The Balaban J connectivity index is 2.01. The molecule has 0 saturated carbocycles. The number of rotatable bonds is 6. The fraction of sp³-hybridized carbons (Fsp3) is 0.286. The molecule has 1 aromatic heterocycles. The quantitative estimate of drug-likeness (QED) is 0.807. The third-order valence-corrected chi connectivity index (χ3v) is 4.72. The van der Waals surface area contributed by atoms with Gasteiger partial charge in [-0.05, 0) is 39.7 Å². The van der Waals surface area contributed by atoms with E-state index in [-0.39, 0.29) is 0 Å². The van der Waals surface area contributed by atoms with Crippen molar-refractivity contribution < 1.29 is 9.47 Å². The monoisotopic (exact) mass is 375 g/mol. The van der Waals surface area contributed by atoms with Crippen molar-refractivity contribution in [2.45, 2.75) is 13.1 Å². The first-order valence-corrected chi connectivity index (χ1v) is 8.03. The standard InChI is InChI=1S/C14H15BrClNO2S/c1-18-13-4-9(3-12(16)14(13)19-2)6-17-7-11-5-10(15)8-20-11/h3-5,8,17H,6-7H2,1-2H3. The van der Waals surface area contributed by atoms with E-state index in [1.165, 1.54) is 4.88 Å². The first kappa shape index (κ1) is 15.6. The Bertz CT molecular complexity index is 589. The minimum atomic E-state index is 0.558. The lowest BCUT2D eigenvalue weighted by Gasteiger charge is -2.12. The lowest BCUT2D eigenvalue weighted by Crippen LogP contribution is -2.12. The molecule has 1 N–H and O–H groups in total. The number of benzene rings is 1. The van der Waals surface area contributed by atoms with E-state index in [0.29, 0.717) is 16.5 Å². The van der Waals surface area contributed by atoms with E-state index in [0.717, 1.165) is 23.1 Å². The molecule has 0 fully saturated rings. The predicted molar refractivity (Wildman–Crippen MR) is 87.1 cm³/mol. The average Bonchev–Trinajstić information content (AvgIpc) is 2.83. The highest BCUT2D eigenvalue weighted by molar-refractivity contribution is 9.10. The Hall–Kier alpha value is -0.750. The minimum absolute atomic E-state index is 0.558. The summed E-state index contributed by atoms with van der Waals surface area (Å²) in [7, 11) is 3.19. The van der Waals surface area contributed by atoms with Crippen LogP contribution in [0.5, 0.6) is 11.5 Å². The Morgan fingerprint density at radius 1 is 1.20 bits per heavy atom. The number of methoxy groups -OCH3 is 2. The molecule has 2 rings (SSSR count). The summed E-state index contributed by atoms with van der Waals surface area (Å²) in [4.78, 5) is 1.28. The molecule has 0 unspecified atom stereocenters. The Kier molecular flexibility index (Phi) is 5.72. The molecule has 0 bridgehead atoms. The van der Waals surface area contributed by atoms with Crippen LogP contribution in [0.2, 0.25) is 5.02 Å². The molecule has 3 nitrogen and oxygen atoms in total. The van der Waals surface area contributed by atoms with Gasteiger partial charge in [0.25, 0.3) is 0 Å². The maximum absolute atomic E-state index is 6.18. The molecule has 0 aliphatic rings. The molecule has 108 valence electrons. The van der Waals surface area contributed by atoms with Gasteiger partial charge in [0.05, 0.1) is 19.2 Å². The number of hydrogen-bond donors (Lipinski definition) is 1. The SMILES string of the molecule is COc1cc(CNCc2cc(Br)cs2)cc(Cl)c1OC. The van der Waals surface area contributed by atoms with Crippen LogP contribution in [0.15, 0.2) is 28.1 Å². The van der Waals surface area contributed by atoms with Crippen molar-refractivity contribution in [3.05, 3.63) is 43.5 Å². The third-order valence-electron chi connectivity index (χ3n) is 2.74. The molecule has 0 spiro atoms. The summed E-state index contributed by atoms with van der Waals surface area (Å²) in [6.45, 7) is 1.54. The molecule has 0 saturated heterocycles. The lowest BCUT2D eigenvalue weighted by molar-refractivity contribution is 0.354. The second-order valence-electron chi connectivity index (χ2n) is 4.15. The van der Waals surface area contributed by atoms with Gasteiger partial charge in [0, 0.05) is 27.8 Å². The molecule has 0 aliphatic heterocycles. The molecule has 0 amide bonds. The zero-order valence-corrected chi connectivity index (χ0v) is 14.4. The molecular formula is C14H15BrClNO2S. The van der Waals surface area contributed by atoms with Gasteiger partial charge in [-0.2, -0.15) is 0 Å². The van der Waals surface area contributed by atoms with E-state index >= 15 is 0 Å². The largest absolute Gasteiger partial charge is 0.493 e. The Morgan fingerprint density at radius 2 is 2.00 bits per heavy atom. The van der Waals surface area contributed by atoms with Crippen LogP contribution in [0.3, 0.4) is 0 Å². The minimum Gasteiger partial charge on any atom is -0.493 e. The summed E-state index contributed by atoms with van der Waals surface area (Å²) >= 11 is 11.3. The van der Waals surface area contributed by atoms with Gasteiger partial charge >= 0.3 is 0 Å². The van der Waals surface area contributed by atoms with Crippen molar-refractivity contribution in [3.63, 3.8) is 0 Å². The highest BCUT2D eigenvalue weighted by Crippen LogP contribution is 2.35. The average molecular weight is 377 g/mol. The molecule has 2 aromatic rings. The predicted octanol–water partition coefficient (Wildman–Crippen LogP) is 4.47. The van der Waals surface area contributed by atoms with Crippen LogP contribution in [-0.4, -0.2) is 14.2 Å². The maximum Gasteiger partial charge on any atom is 0.179 e. The summed E-state index contributed by atoms with van der Waals surface area (Å²) in [5, 5.41) is 6.01. The van der Waals surface area contributed by atoms with Crippen LogP contribution >= 0.6 is 38.9 Å². The maximum atomic E-state index is 6.18. The van der Waals surface area contributed by atoms with Crippen molar-refractivity contribution in [1.82, 2.24) is 5.32 Å². The Morgan fingerprint density at radius 3 is 2.60 bits per heavy atom. The number of ether oxygens (including phenoxy) is 2. The molecule has 0 aliphatic carbocycles. The fourth-order valence-corrected chi connectivity index (χ4v) is 3.58. The van der Waals surface area contributed by atoms with E-state index in [1.54, 1.807) is 25.6 Å². The zero-order chi connectivity index (χ0) is 14.5. The van der Waals surface area contributed by atoms with Crippen LogP contribution in [0.1, 0.15) is 10.4 Å². The van der Waals surface area contributed by atoms with E-state index in [9.17, 15) is 0 Å². The highest BCUT2D eigenvalue weighted by atomic mass is 79.9. The van der Waals surface area contributed by atoms with E-state index < -0.39 is 0 Å².